The largest absolute Gasteiger partial charge is 0.309 e. The van der Waals surface area contributed by atoms with Crippen molar-refractivity contribution in [2.45, 2.75) is 13.3 Å². The smallest absolute Gasteiger partial charge is 0.260 e. The Labute approximate surface area is 167 Å². The summed E-state index contributed by atoms with van der Waals surface area (Å²) < 4.78 is 14.8. The van der Waals surface area contributed by atoms with Crippen LogP contribution in [0.1, 0.15) is 34.1 Å². The van der Waals surface area contributed by atoms with E-state index in [9.17, 15) is 14.0 Å². The molecule has 0 N–H and O–H groups in total. The van der Waals surface area contributed by atoms with Gasteiger partial charge in [-0.3, -0.25) is 14.5 Å². The van der Waals surface area contributed by atoms with E-state index in [2.05, 4.69) is 4.98 Å². The number of Topliss-reactive ketones (excluding diaryl/α,β-unsaturated/α-hetero) is 1. The molecule has 7 heteroatoms. The number of hydrogen-bond acceptors (Lipinski definition) is 5. The zero-order valence-corrected chi connectivity index (χ0v) is 16.9. The summed E-state index contributed by atoms with van der Waals surface area (Å²) in [6, 6.07) is 11.4. The van der Waals surface area contributed by atoms with Crippen LogP contribution in [0.4, 0.5) is 9.52 Å². The lowest BCUT2D eigenvalue weighted by molar-refractivity contribution is 0.0981. The number of benzene rings is 2. The zero-order valence-electron chi connectivity index (χ0n) is 16.1. The second kappa shape index (κ2) is 8.58. The third-order valence-corrected chi connectivity index (χ3v) is 5.40. The van der Waals surface area contributed by atoms with Crippen LogP contribution in [-0.4, -0.2) is 48.8 Å². The number of fused-ring (bicyclic) bond motifs is 1. The molecule has 1 aromatic heterocycles. The van der Waals surface area contributed by atoms with Gasteiger partial charge in [0, 0.05) is 17.7 Å². The summed E-state index contributed by atoms with van der Waals surface area (Å²) in [5, 5.41) is 0.472. The van der Waals surface area contributed by atoms with Crippen LogP contribution in [0.2, 0.25) is 0 Å². The number of halogens is 1. The Morgan fingerprint density at radius 2 is 1.71 bits per heavy atom. The summed E-state index contributed by atoms with van der Waals surface area (Å²) in [6.07, 6.45) is 0.753. The van der Waals surface area contributed by atoms with E-state index in [1.165, 1.54) is 24.3 Å². The molecule has 0 atom stereocenters. The van der Waals surface area contributed by atoms with Crippen LogP contribution in [-0.2, 0) is 0 Å². The van der Waals surface area contributed by atoms with E-state index in [1.54, 1.807) is 41.3 Å². The van der Waals surface area contributed by atoms with Crippen LogP contribution in [0.5, 0.6) is 0 Å². The summed E-state index contributed by atoms with van der Waals surface area (Å²) in [4.78, 5) is 32.7. The molecule has 1 heterocycles. The first-order chi connectivity index (χ1) is 13.4. The highest BCUT2D eigenvalue weighted by molar-refractivity contribution is 7.22. The van der Waals surface area contributed by atoms with E-state index in [0.717, 1.165) is 13.0 Å². The average molecular weight is 399 g/mol. The third-order valence-electron chi connectivity index (χ3n) is 4.36. The van der Waals surface area contributed by atoms with Gasteiger partial charge in [-0.2, -0.15) is 0 Å². The number of nitrogens with zero attached hydrogens (tertiary/aromatic N) is 3. The van der Waals surface area contributed by atoms with Gasteiger partial charge >= 0.3 is 0 Å². The summed E-state index contributed by atoms with van der Waals surface area (Å²) >= 11 is 1.30. The van der Waals surface area contributed by atoms with Crippen molar-refractivity contribution in [2.75, 3.05) is 32.1 Å². The number of hydrogen-bond donors (Lipinski definition) is 0. The fourth-order valence-corrected chi connectivity index (χ4v) is 3.86. The van der Waals surface area contributed by atoms with Gasteiger partial charge < -0.3 is 4.90 Å². The number of ketones is 1. The number of carbonyl (C=O) groups excluding carboxylic acids is 2. The topological polar surface area (TPSA) is 53.5 Å². The van der Waals surface area contributed by atoms with Gasteiger partial charge in [-0.05, 0) is 58.3 Å². The minimum absolute atomic E-state index is 0.0523. The van der Waals surface area contributed by atoms with Crippen molar-refractivity contribution in [2.24, 2.45) is 0 Å². The van der Waals surface area contributed by atoms with Gasteiger partial charge in [0.2, 0.25) is 0 Å². The van der Waals surface area contributed by atoms with Gasteiger partial charge in [0.05, 0.1) is 4.70 Å². The summed E-state index contributed by atoms with van der Waals surface area (Å²) in [5.41, 5.74) is 1.30. The SMILES string of the molecule is CC(=O)c1ccc(C(=O)N(CCCN(C)C)c2nc3c(F)cccc3s2)cc1. The molecule has 146 valence electrons. The molecule has 3 aromatic rings. The Morgan fingerprint density at radius 1 is 1.04 bits per heavy atom. The maximum absolute atomic E-state index is 14.1. The van der Waals surface area contributed by atoms with E-state index in [1.807, 2.05) is 19.0 Å². The van der Waals surface area contributed by atoms with Gasteiger partial charge in [0.1, 0.15) is 11.3 Å². The summed E-state index contributed by atoms with van der Waals surface area (Å²) in [5.74, 6) is -0.664. The number of thiazole rings is 1. The molecular weight excluding hydrogens is 377 g/mol. The Bertz CT molecular complexity index is 999. The molecule has 5 nitrogen and oxygen atoms in total. The highest BCUT2D eigenvalue weighted by Gasteiger charge is 2.22. The van der Waals surface area contributed by atoms with Gasteiger partial charge in [0.15, 0.2) is 10.9 Å². The summed E-state index contributed by atoms with van der Waals surface area (Å²) in [7, 11) is 3.94. The Balaban J connectivity index is 1.94. The molecular formula is C21H22FN3O2S. The van der Waals surface area contributed by atoms with Crippen LogP contribution in [0, 0.1) is 5.82 Å². The van der Waals surface area contributed by atoms with E-state index >= 15 is 0 Å². The van der Waals surface area contributed by atoms with Crippen molar-refractivity contribution in [1.29, 1.82) is 0 Å². The molecule has 0 aliphatic carbocycles. The number of amides is 1. The molecule has 1 amide bonds. The number of anilines is 1. The molecule has 0 bridgehead atoms. The van der Waals surface area contributed by atoms with E-state index in [-0.39, 0.29) is 17.2 Å². The van der Waals surface area contributed by atoms with Crippen molar-refractivity contribution in [3.8, 4) is 0 Å². The lowest BCUT2D eigenvalue weighted by atomic mass is 10.1. The van der Waals surface area contributed by atoms with Crippen LogP contribution >= 0.6 is 11.3 Å². The van der Waals surface area contributed by atoms with Crippen LogP contribution in [0.3, 0.4) is 0 Å². The van der Waals surface area contributed by atoms with Crippen molar-refractivity contribution >= 4 is 38.4 Å². The van der Waals surface area contributed by atoms with E-state index < -0.39 is 5.82 Å². The number of aromatic nitrogens is 1. The fourth-order valence-electron chi connectivity index (χ4n) is 2.85. The third kappa shape index (κ3) is 4.43. The Hall–Kier alpha value is -2.64. The molecule has 28 heavy (non-hydrogen) atoms. The molecule has 0 fully saturated rings. The zero-order chi connectivity index (χ0) is 20.3. The molecule has 0 radical (unpaired) electrons. The van der Waals surface area contributed by atoms with E-state index in [0.29, 0.717) is 27.5 Å². The number of para-hydroxylation sites is 1. The fraction of sp³-hybridized carbons (Fsp3) is 0.286. The molecule has 0 saturated heterocycles. The van der Waals surface area contributed by atoms with Gasteiger partial charge in [0.25, 0.3) is 5.91 Å². The standard InChI is InChI=1S/C21H22FN3O2S/c1-14(26)15-8-10-16(11-9-15)20(27)25(13-5-12-24(2)3)21-23-19-17(22)6-4-7-18(19)28-21/h4,6-11H,5,12-13H2,1-3H3. The highest BCUT2D eigenvalue weighted by atomic mass is 32.1. The molecule has 0 unspecified atom stereocenters. The normalized spacial score (nSPS) is 11.2. The second-order valence-corrected chi connectivity index (χ2v) is 7.84. The maximum Gasteiger partial charge on any atom is 0.260 e. The Morgan fingerprint density at radius 3 is 2.32 bits per heavy atom. The van der Waals surface area contributed by atoms with Crippen molar-refractivity contribution < 1.29 is 14.0 Å². The molecule has 3 rings (SSSR count). The minimum atomic E-state index is -0.397. The lowest BCUT2D eigenvalue weighted by Gasteiger charge is -2.21. The average Bonchev–Trinajstić information content (AvgIpc) is 3.10. The first-order valence-electron chi connectivity index (χ1n) is 8.99. The number of rotatable bonds is 7. The number of carbonyl (C=O) groups is 2. The molecule has 2 aromatic carbocycles. The minimum Gasteiger partial charge on any atom is -0.309 e. The molecule has 0 spiro atoms. The van der Waals surface area contributed by atoms with Crippen molar-refractivity contribution in [3.63, 3.8) is 0 Å². The van der Waals surface area contributed by atoms with Gasteiger partial charge in [-0.1, -0.05) is 29.5 Å². The predicted molar refractivity (Wildman–Crippen MR) is 111 cm³/mol. The van der Waals surface area contributed by atoms with Crippen molar-refractivity contribution in [1.82, 2.24) is 9.88 Å². The van der Waals surface area contributed by atoms with E-state index in [4.69, 9.17) is 0 Å². The molecule has 0 saturated carbocycles. The van der Waals surface area contributed by atoms with Gasteiger partial charge in [-0.15, -0.1) is 0 Å². The van der Waals surface area contributed by atoms with Crippen LogP contribution < -0.4 is 4.90 Å². The first kappa shape index (κ1) is 20.1. The monoisotopic (exact) mass is 399 g/mol. The lowest BCUT2D eigenvalue weighted by Crippen LogP contribution is -2.33. The molecule has 0 aliphatic rings. The highest BCUT2D eigenvalue weighted by Crippen LogP contribution is 2.31. The summed E-state index contributed by atoms with van der Waals surface area (Å²) in [6.45, 7) is 2.76. The Kier molecular flexibility index (Phi) is 6.16. The quantitative estimate of drug-likeness (QED) is 0.558. The van der Waals surface area contributed by atoms with Crippen LogP contribution in [0.25, 0.3) is 10.2 Å². The second-order valence-electron chi connectivity index (χ2n) is 6.83. The predicted octanol–water partition coefficient (Wildman–Crippen LogP) is 4.24. The first-order valence-corrected chi connectivity index (χ1v) is 9.81. The van der Waals surface area contributed by atoms with Crippen molar-refractivity contribution in [3.05, 3.63) is 59.4 Å². The molecule has 0 aliphatic heterocycles. The maximum atomic E-state index is 14.1. The van der Waals surface area contributed by atoms with Crippen LogP contribution in [0.15, 0.2) is 42.5 Å². The van der Waals surface area contributed by atoms with Gasteiger partial charge in [-0.25, -0.2) is 9.37 Å².